The number of halogens is 2. The van der Waals surface area contributed by atoms with E-state index in [4.69, 9.17) is 10.5 Å². The van der Waals surface area contributed by atoms with Crippen LogP contribution >= 0.6 is 11.3 Å². The summed E-state index contributed by atoms with van der Waals surface area (Å²) in [6.45, 7) is 7.86. The number of hydrogen-bond donors (Lipinski definition) is 5. The number of benzene rings is 3. The van der Waals surface area contributed by atoms with Gasteiger partial charge in [-0.1, -0.05) is 57.2 Å². The van der Waals surface area contributed by atoms with Crippen molar-refractivity contribution in [3.05, 3.63) is 119 Å². The smallest absolute Gasteiger partial charge is 0.246 e. The molecule has 1 saturated heterocycles. The first kappa shape index (κ1) is 43.6. The van der Waals surface area contributed by atoms with Gasteiger partial charge < -0.3 is 36.1 Å². The molecule has 0 radical (unpaired) electrons. The topological polar surface area (TPSA) is 193 Å². The fraction of sp³-hybridized carbons (Fsp3) is 0.304. The number of nitrogens with two attached hydrogens (primary N) is 1. The average Bonchev–Trinajstić information content (AvgIpc) is 3.99. The van der Waals surface area contributed by atoms with Crippen molar-refractivity contribution in [2.45, 2.75) is 71.7 Å². The molecule has 7 rings (SSSR count). The first-order chi connectivity index (χ1) is 29.6. The van der Waals surface area contributed by atoms with Gasteiger partial charge in [-0.05, 0) is 65.8 Å². The number of hydrogen-bond acceptors (Lipinski definition) is 10. The number of carbonyl (C=O) groups is 4. The lowest BCUT2D eigenvalue weighted by molar-refractivity contribution is -0.144. The number of β-amino-alcohol motifs (C(OH)–C–C–N with tert-alkyl or cyclic N) is 1. The fourth-order valence-electron chi connectivity index (χ4n) is 7.44. The van der Waals surface area contributed by atoms with E-state index in [-0.39, 0.29) is 55.6 Å². The minimum atomic E-state index is -1.12. The lowest BCUT2D eigenvalue weighted by Gasteiger charge is -2.35. The van der Waals surface area contributed by atoms with Crippen LogP contribution in [0.3, 0.4) is 0 Å². The maximum atomic E-state index is 14.7. The van der Waals surface area contributed by atoms with Crippen LogP contribution in [0.5, 0.6) is 5.75 Å². The van der Waals surface area contributed by atoms with Crippen molar-refractivity contribution in [3.63, 3.8) is 0 Å². The van der Waals surface area contributed by atoms with E-state index in [9.17, 15) is 33.1 Å². The largest absolute Gasteiger partial charge is 0.494 e. The summed E-state index contributed by atoms with van der Waals surface area (Å²) in [5.74, 6) is -3.66. The molecule has 0 saturated carbocycles. The first-order valence-electron chi connectivity index (χ1n) is 20.1. The molecule has 1 fully saturated rings. The van der Waals surface area contributed by atoms with Gasteiger partial charge in [-0.2, -0.15) is 0 Å². The molecule has 1 aliphatic heterocycles. The Bertz CT molecular complexity index is 2620. The molecular weight excluding hydrogens is 817 g/mol. The Labute approximate surface area is 360 Å². The van der Waals surface area contributed by atoms with Crippen LogP contribution in [0.15, 0.2) is 84.6 Å². The number of ether oxygens (including phenoxy) is 1. The summed E-state index contributed by atoms with van der Waals surface area (Å²) < 4.78 is 35.1. The number of rotatable bonds is 14. The van der Waals surface area contributed by atoms with Crippen molar-refractivity contribution < 1.29 is 37.8 Å². The molecule has 0 unspecified atom stereocenters. The summed E-state index contributed by atoms with van der Waals surface area (Å²) in [5.41, 5.74) is 10.3. The van der Waals surface area contributed by atoms with Crippen molar-refractivity contribution in [1.82, 2.24) is 30.5 Å². The first-order valence-corrected chi connectivity index (χ1v) is 21.0. The molecule has 16 heteroatoms. The second-order valence-corrected chi connectivity index (χ2v) is 17.3. The highest BCUT2D eigenvalue weighted by atomic mass is 32.1. The van der Waals surface area contributed by atoms with Gasteiger partial charge in [0.05, 0.1) is 40.0 Å². The maximum Gasteiger partial charge on any atom is 0.246 e. The molecule has 3 aromatic carbocycles. The summed E-state index contributed by atoms with van der Waals surface area (Å²) in [7, 11) is 0. The lowest BCUT2D eigenvalue weighted by Crippen LogP contribution is -2.57. The number of fused-ring (bicyclic) bond motifs is 1. The monoisotopic (exact) mass is 863 g/mol. The number of aliphatic hydroxyl groups is 1. The number of ketones is 1. The molecule has 322 valence electrons. The fourth-order valence-corrected chi connectivity index (χ4v) is 8.25. The predicted molar refractivity (Wildman–Crippen MR) is 232 cm³/mol. The van der Waals surface area contributed by atoms with Crippen LogP contribution in [0.1, 0.15) is 67.2 Å². The summed E-state index contributed by atoms with van der Waals surface area (Å²) >= 11 is 1.56. The Morgan fingerprint density at radius 2 is 1.74 bits per heavy atom. The van der Waals surface area contributed by atoms with Crippen LogP contribution in [0.25, 0.3) is 32.6 Å². The van der Waals surface area contributed by atoms with Crippen molar-refractivity contribution >= 4 is 51.6 Å². The maximum absolute atomic E-state index is 14.7. The number of aromatic amines is 1. The van der Waals surface area contributed by atoms with E-state index < -0.39 is 52.5 Å². The highest BCUT2D eigenvalue weighted by molar-refractivity contribution is 7.13. The molecule has 0 aliphatic carbocycles. The van der Waals surface area contributed by atoms with Crippen molar-refractivity contribution in [2.75, 3.05) is 18.9 Å². The molecule has 3 aromatic heterocycles. The normalized spacial score (nSPS) is 15.7. The number of carbonyl (C=O) groups excluding carboxylic acids is 4. The van der Waals surface area contributed by atoms with Crippen LogP contribution < -0.4 is 21.1 Å². The minimum absolute atomic E-state index is 0.0283. The average molecular weight is 864 g/mol. The van der Waals surface area contributed by atoms with E-state index in [1.165, 1.54) is 11.1 Å². The number of likely N-dealkylation sites (tertiary alicyclic amines) is 1. The number of amides is 3. The molecule has 13 nitrogen and oxygen atoms in total. The van der Waals surface area contributed by atoms with Gasteiger partial charge in [-0.25, -0.2) is 18.7 Å². The Hall–Kier alpha value is -6.52. The summed E-state index contributed by atoms with van der Waals surface area (Å²) in [4.78, 5) is 67.9. The number of nitrogens with one attached hydrogen (secondary N) is 3. The quantitative estimate of drug-likeness (QED) is 0.0449. The summed E-state index contributed by atoms with van der Waals surface area (Å²) in [6.07, 6.45) is 2.57. The second kappa shape index (κ2) is 18.2. The Kier molecular flexibility index (Phi) is 12.8. The molecule has 1 aliphatic rings. The molecular formula is C46H47F2N7O6S. The number of aromatic nitrogens is 3. The summed E-state index contributed by atoms with van der Waals surface area (Å²) in [5, 5.41) is 16.7. The van der Waals surface area contributed by atoms with E-state index in [2.05, 4.69) is 25.6 Å². The third kappa shape index (κ3) is 9.51. The van der Waals surface area contributed by atoms with Crippen molar-refractivity contribution in [3.8, 4) is 27.3 Å². The molecule has 0 spiro atoms. The van der Waals surface area contributed by atoms with E-state index in [1.807, 2.05) is 52.0 Å². The number of anilines is 1. The zero-order valence-corrected chi connectivity index (χ0v) is 35.4. The molecule has 62 heavy (non-hydrogen) atoms. The molecule has 3 atom stereocenters. The Morgan fingerprint density at radius 1 is 1.02 bits per heavy atom. The van der Waals surface area contributed by atoms with Crippen LogP contribution in [-0.2, 0) is 20.9 Å². The Morgan fingerprint density at radius 3 is 2.44 bits per heavy atom. The third-order valence-corrected chi connectivity index (χ3v) is 11.8. The van der Waals surface area contributed by atoms with Crippen LogP contribution in [0.4, 0.5) is 14.5 Å². The van der Waals surface area contributed by atoms with Crippen LogP contribution in [0, 0.1) is 24.0 Å². The van der Waals surface area contributed by atoms with Gasteiger partial charge in [0.25, 0.3) is 0 Å². The molecule has 0 bridgehead atoms. The van der Waals surface area contributed by atoms with E-state index in [1.54, 1.807) is 53.4 Å². The number of aliphatic hydroxyl groups excluding tert-OH is 1. The predicted octanol–water partition coefficient (Wildman–Crippen LogP) is 6.72. The van der Waals surface area contributed by atoms with Crippen molar-refractivity contribution in [2.24, 2.45) is 5.41 Å². The zero-order chi connectivity index (χ0) is 44.3. The van der Waals surface area contributed by atoms with Gasteiger partial charge in [-0.3, -0.25) is 19.2 Å². The van der Waals surface area contributed by atoms with Gasteiger partial charge in [0.1, 0.15) is 29.3 Å². The number of aryl methyl sites for hydroxylation is 1. The van der Waals surface area contributed by atoms with Crippen LogP contribution in [-0.4, -0.2) is 79.8 Å². The van der Waals surface area contributed by atoms with Gasteiger partial charge in [0.2, 0.25) is 23.5 Å². The second-order valence-electron chi connectivity index (χ2n) is 16.4. The third-order valence-electron chi connectivity index (χ3n) is 10.8. The zero-order valence-electron chi connectivity index (χ0n) is 34.6. The number of thiazole rings is 1. The molecule has 6 N–H and O–H groups in total. The van der Waals surface area contributed by atoms with Gasteiger partial charge in [-0.15, -0.1) is 11.3 Å². The lowest BCUT2D eigenvalue weighted by atomic mass is 9.85. The SMILES string of the molecule is Cc1ncsc1-c1ccc(CNC(=O)[C@@H]2C[C@@H](O)CN2C(=O)[C@@H](NC(=O)CCCOc2ccc(-c3cnc4[nH]cc(C(=O)c5c(F)ccc(N)c5F)c4c3)cc2)C(C)(C)C)cc1. The minimum Gasteiger partial charge on any atom is -0.494 e. The standard InChI is InChI=1S/C46H47F2N7O6S/c1-25-41(62-24-53-25)28-9-7-26(8-10-28)20-52-44(59)36-19-30(56)23-55(36)45(60)42(46(2,3)4)54-37(57)6-5-17-61-31-13-11-27(12-14-31)29-18-32-33(22-51-43(32)50-21-29)40(58)38-34(47)15-16-35(49)39(38)48/h7-16,18,21-22,24,30,36,42,56H,5-6,17,19-20,23,49H2,1-4H3,(H,50,51)(H,52,59)(H,54,57)/t30-,36+,42-/m1/s1. The van der Waals surface area contributed by atoms with Gasteiger partial charge in [0.15, 0.2) is 5.82 Å². The number of H-pyrrole nitrogens is 1. The van der Waals surface area contributed by atoms with Crippen molar-refractivity contribution in [1.29, 1.82) is 0 Å². The number of nitrogens with zero attached hydrogens (tertiary/aromatic N) is 3. The van der Waals surface area contributed by atoms with Gasteiger partial charge in [0, 0.05) is 54.8 Å². The number of pyridine rings is 1. The molecule has 6 aromatic rings. The van der Waals surface area contributed by atoms with Crippen LogP contribution in [0.2, 0.25) is 0 Å². The highest BCUT2D eigenvalue weighted by Crippen LogP contribution is 2.31. The summed E-state index contributed by atoms with van der Waals surface area (Å²) in [6, 6.07) is 16.7. The molecule has 3 amide bonds. The van der Waals surface area contributed by atoms with E-state index in [0.717, 1.165) is 39.4 Å². The van der Waals surface area contributed by atoms with E-state index >= 15 is 0 Å². The van der Waals surface area contributed by atoms with E-state index in [0.29, 0.717) is 28.8 Å². The highest BCUT2D eigenvalue weighted by Gasteiger charge is 2.44. The van der Waals surface area contributed by atoms with Gasteiger partial charge >= 0.3 is 0 Å². The molecule has 4 heterocycles. The Balaban J connectivity index is 0.912. The number of nitrogen functional groups attached to an aromatic ring is 1.